The van der Waals surface area contributed by atoms with E-state index in [4.69, 9.17) is 16.7 Å². The predicted octanol–water partition coefficient (Wildman–Crippen LogP) is 5.57. The van der Waals surface area contributed by atoms with Crippen LogP contribution in [-0.2, 0) is 4.79 Å². The van der Waals surface area contributed by atoms with E-state index in [0.29, 0.717) is 12.8 Å². The summed E-state index contributed by atoms with van der Waals surface area (Å²) in [7, 11) is 0. The molecular weight excluding hydrogens is 388 g/mol. The van der Waals surface area contributed by atoms with Gasteiger partial charge in [0.05, 0.1) is 12.2 Å². The van der Waals surface area contributed by atoms with Crippen LogP contribution in [0.5, 0.6) is 0 Å². The summed E-state index contributed by atoms with van der Waals surface area (Å²) < 4.78 is 0. The molecule has 1 saturated carbocycles. The molecule has 1 aromatic carbocycles. The lowest BCUT2D eigenvalue weighted by Gasteiger charge is -2.23. The highest BCUT2D eigenvalue weighted by molar-refractivity contribution is 6.21. The Kier molecular flexibility index (Phi) is 10.2. The van der Waals surface area contributed by atoms with Crippen molar-refractivity contribution >= 4 is 17.6 Å². The minimum atomic E-state index is -0.767. The van der Waals surface area contributed by atoms with E-state index in [1.165, 1.54) is 0 Å². The van der Waals surface area contributed by atoms with Gasteiger partial charge in [0.15, 0.2) is 0 Å². The number of carboxylic acids is 1. The molecule has 0 aliphatic heterocycles. The van der Waals surface area contributed by atoms with Crippen LogP contribution in [-0.4, -0.2) is 32.8 Å². The molecule has 2 rings (SSSR count). The standard InChI is InChI=1S/C24H35ClO4/c1-2-3-6-10-21(26)17-12-14-18(15-13-17)24-19(20(25)16-22(24)27)9-7-4-5-8-11-23(28)29/h4,7,12-15,19-22,24,26-27H,2-3,5-6,8-11,16H2,1H3,(H,28,29)/b7-4-/t19-,20-,21?,22+,24?/m0/s1. The third-order valence-electron chi connectivity index (χ3n) is 5.93. The monoisotopic (exact) mass is 422 g/mol. The van der Waals surface area contributed by atoms with Crippen molar-refractivity contribution in [1.82, 2.24) is 0 Å². The molecule has 0 radical (unpaired) electrons. The van der Waals surface area contributed by atoms with Gasteiger partial charge < -0.3 is 15.3 Å². The first-order valence-electron chi connectivity index (χ1n) is 10.9. The van der Waals surface area contributed by atoms with E-state index < -0.39 is 18.2 Å². The number of allylic oxidation sites excluding steroid dienone is 2. The smallest absolute Gasteiger partial charge is 0.303 e. The van der Waals surface area contributed by atoms with Gasteiger partial charge in [-0.1, -0.05) is 62.6 Å². The topological polar surface area (TPSA) is 77.8 Å². The number of unbranched alkanes of at least 4 members (excludes halogenated alkanes) is 3. The molecule has 0 amide bonds. The van der Waals surface area contributed by atoms with Crippen LogP contribution in [0.25, 0.3) is 0 Å². The number of benzene rings is 1. The first-order chi connectivity index (χ1) is 13.9. The van der Waals surface area contributed by atoms with Gasteiger partial charge in [-0.15, -0.1) is 11.6 Å². The van der Waals surface area contributed by atoms with Gasteiger partial charge in [-0.2, -0.15) is 0 Å². The average molecular weight is 423 g/mol. The van der Waals surface area contributed by atoms with Crippen molar-refractivity contribution in [2.24, 2.45) is 5.92 Å². The third kappa shape index (κ3) is 7.44. The highest BCUT2D eigenvalue weighted by Gasteiger charge is 2.41. The molecule has 1 aromatic rings. The zero-order valence-corrected chi connectivity index (χ0v) is 18.1. The van der Waals surface area contributed by atoms with E-state index in [9.17, 15) is 15.0 Å². The molecule has 3 N–H and O–H groups in total. The summed E-state index contributed by atoms with van der Waals surface area (Å²) in [5.41, 5.74) is 1.99. The Hall–Kier alpha value is -1.36. The second kappa shape index (κ2) is 12.4. The predicted molar refractivity (Wildman–Crippen MR) is 117 cm³/mol. The first kappa shape index (κ1) is 23.9. The summed E-state index contributed by atoms with van der Waals surface area (Å²) in [4.78, 5) is 10.6. The van der Waals surface area contributed by atoms with Gasteiger partial charge in [-0.25, -0.2) is 0 Å². The molecule has 0 heterocycles. The summed E-state index contributed by atoms with van der Waals surface area (Å²) in [5, 5.41) is 29.5. The number of rotatable bonds is 12. The van der Waals surface area contributed by atoms with Crippen molar-refractivity contribution in [3.8, 4) is 0 Å². The lowest BCUT2D eigenvalue weighted by Crippen LogP contribution is -2.18. The number of hydrogen-bond donors (Lipinski definition) is 3. The Labute approximate surface area is 179 Å². The molecule has 1 aliphatic rings. The summed E-state index contributed by atoms with van der Waals surface area (Å²) in [6.45, 7) is 2.15. The van der Waals surface area contributed by atoms with Crippen LogP contribution in [0.3, 0.4) is 0 Å². The van der Waals surface area contributed by atoms with Crippen molar-refractivity contribution in [3.05, 3.63) is 47.5 Å². The SMILES string of the molecule is CCCCCC(O)c1ccc(C2[C@H](O)C[C@H](Cl)[C@@H]2C/C=C\CCCC(=O)O)cc1. The Balaban J connectivity index is 1.96. The fraction of sp³-hybridized carbons (Fsp3) is 0.625. The number of aliphatic carboxylic acids is 1. The molecule has 0 saturated heterocycles. The number of alkyl halides is 1. The van der Waals surface area contributed by atoms with Crippen molar-refractivity contribution in [2.75, 3.05) is 0 Å². The highest BCUT2D eigenvalue weighted by Crippen LogP contribution is 2.45. The van der Waals surface area contributed by atoms with E-state index >= 15 is 0 Å². The van der Waals surface area contributed by atoms with Crippen LogP contribution in [0.2, 0.25) is 0 Å². The van der Waals surface area contributed by atoms with Crippen molar-refractivity contribution in [3.63, 3.8) is 0 Å². The molecule has 2 unspecified atom stereocenters. The van der Waals surface area contributed by atoms with Gasteiger partial charge in [0.2, 0.25) is 0 Å². The van der Waals surface area contributed by atoms with Crippen molar-refractivity contribution < 1.29 is 20.1 Å². The second-order valence-corrected chi connectivity index (χ2v) is 8.74. The number of carbonyl (C=O) groups is 1. The Bertz CT molecular complexity index is 643. The van der Waals surface area contributed by atoms with Gasteiger partial charge in [-0.05, 0) is 49.1 Å². The minimum absolute atomic E-state index is 0.0209. The highest BCUT2D eigenvalue weighted by atomic mass is 35.5. The Morgan fingerprint density at radius 2 is 1.93 bits per heavy atom. The van der Waals surface area contributed by atoms with Gasteiger partial charge in [0.1, 0.15) is 0 Å². The van der Waals surface area contributed by atoms with Gasteiger partial charge in [0.25, 0.3) is 0 Å². The molecule has 5 atom stereocenters. The Morgan fingerprint density at radius 1 is 1.21 bits per heavy atom. The number of aliphatic hydroxyl groups excluding tert-OH is 2. The summed E-state index contributed by atoms with van der Waals surface area (Å²) in [6, 6.07) is 7.98. The molecule has 0 aromatic heterocycles. The zero-order valence-electron chi connectivity index (χ0n) is 17.3. The summed E-state index contributed by atoms with van der Waals surface area (Å²) in [6.07, 6.45) is 10.2. The van der Waals surface area contributed by atoms with E-state index in [-0.39, 0.29) is 23.6 Å². The van der Waals surface area contributed by atoms with Crippen LogP contribution in [0.15, 0.2) is 36.4 Å². The maximum Gasteiger partial charge on any atom is 0.303 e. The third-order valence-corrected chi connectivity index (χ3v) is 6.43. The Morgan fingerprint density at radius 3 is 2.59 bits per heavy atom. The minimum Gasteiger partial charge on any atom is -0.481 e. The number of carboxylic acid groups (broad SMARTS) is 1. The van der Waals surface area contributed by atoms with E-state index in [1.807, 2.05) is 30.3 Å². The van der Waals surface area contributed by atoms with Crippen LogP contribution < -0.4 is 0 Å². The van der Waals surface area contributed by atoms with E-state index in [1.54, 1.807) is 0 Å². The first-order valence-corrected chi connectivity index (χ1v) is 11.3. The summed E-state index contributed by atoms with van der Waals surface area (Å²) >= 11 is 6.54. The lowest BCUT2D eigenvalue weighted by molar-refractivity contribution is -0.137. The lowest BCUT2D eigenvalue weighted by atomic mass is 9.84. The molecule has 0 spiro atoms. The van der Waals surface area contributed by atoms with Crippen molar-refractivity contribution in [2.45, 2.75) is 88.2 Å². The summed E-state index contributed by atoms with van der Waals surface area (Å²) in [5.74, 6) is -0.646. The maximum atomic E-state index is 10.6. The van der Waals surface area contributed by atoms with Crippen LogP contribution in [0, 0.1) is 5.92 Å². The second-order valence-electron chi connectivity index (χ2n) is 8.18. The normalized spacial score (nSPS) is 25.5. The molecule has 4 nitrogen and oxygen atoms in total. The quantitative estimate of drug-likeness (QED) is 0.233. The molecule has 1 aliphatic carbocycles. The van der Waals surface area contributed by atoms with E-state index in [2.05, 4.69) is 13.0 Å². The fourth-order valence-electron chi connectivity index (χ4n) is 4.26. The largest absolute Gasteiger partial charge is 0.481 e. The van der Waals surface area contributed by atoms with Crippen LogP contribution in [0.4, 0.5) is 0 Å². The van der Waals surface area contributed by atoms with Crippen molar-refractivity contribution in [1.29, 1.82) is 0 Å². The fourth-order valence-corrected chi connectivity index (χ4v) is 4.71. The number of hydrogen-bond acceptors (Lipinski definition) is 3. The van der Waals surface area contributed by atoms with Crippen LogP contribution in [0.1, 0.15) is 87.9 Å². The molecule has 29 heavy (non-hydrogen) atoms. The molecule has 162 valence electrons. The molecule has 1 fully saturated rings. The molecule has 0 bridgehead atoms. The maximum absolute atomic E-state index is 10.6. The van der Waals surface area contributed by atoms with E-state index in [0.717, 1.165) is 49.7 Å². The van der Waals surface area contributed by atoms with Gasteiger partial charge in [-0.3, -0.25) is 4.79 Å². The van der Waals surface area contributed by atoms with Gasteiger partial charge in [0, 0.05) is 17.7 Å². The number of halogens is 1. The number of aliphatic hydroxyl groups is 2. The molecule has 5 heteroatoms. The van der Waals surface area contributed by atoms with Gasteiger partial charge >= 0.3 is 5.97 Å². The average Bonchev–Trinajstić information content (AvgIpc) is 2.97. The zero-order chi connectivity index (χ0) is 21.2. The van der Waals surface area contributed by atoms with Crippen LogP contribution >= 0.6 is 11.6 Å². The molecular formula is C24H35ClO4.